The summed E-state index contributed by atoms with van der Waals surface area (Å²) in [7, 11) is 4.69. The number of nitrogens with zero attached hydrogens (tertiary/aromatic N) is 2. The Morgan fingerprint density at radius 1 is 1.06 bits per heavy atom. The van der Waals surface area contributed by atoms with Crippen molar-refractivity contribution in [1.29, 1.82) is 0 Å². The standard InChI is InChI=1S/C26H28FN3O6/c1-26(17-5-7-18(27)8-6-17)24(32)30(25(33)28-26)15-22(31)29-11-9-16(10-12-29)23-20(35-3)13-19(34-2)14-21(23)36-4/h5-9,13-14H,10-12,15H2,1-4H3,(H,28,33). The molecule has 4 rings (SSSR count). The van der Waals surface area contributed by atoms with E-state index in [-0.39, 0.29) is 12.5 Å². The number of benzene rings is 2. The number of imide groups is 1. The Bertz CT molecular complexity index is 1200. The normalized spacial score (nSPS) is 19.6. The third-order valence-electron chi connectivity index (χ3n) is 6.59. The Hall–Kier alpha value is -4.08. The molecule has 2 aliphatic rings. The van der Waals surface area contributed by atoms with Crippen molar-refractivity contribution < 1.29 is 33.0 Å². The Morgan fingerprint density at radius 2 is 1.69 bits per heavy atom. The SMILES string of the molecule is COc1cc(OC)c(C2=CCN(C(=O)CN3C(=O)NC(C)(c4ccc(F)cc4)C3=O)CC2)c(OC)c1. The summed E-state index contributed by atoms with van der Waals surface area (Å²) < 4.78 is 29.7. The quantitative estimate of drug-likeness (QED) is 0.591. The lowest BCUT2D eigenvalue weighted by Gasteiger charge is -2.29. The van der Waals surface area contributed by atoms with Crippen LogP contribution in [0, 0.1) is 5.82 Å². The second-order valence-electron chi connectivity index (χ2n) is 8.68. The van der Waals surface area contributed by atoms with Crippen molar-refractivity contribution in [3.63, 3.8) is 0 Å². The highest BCUT2D eigenvalue weighted by atomic mass is 19.1. The van der Waals surface area contributed by atoms with Crippen LogP contribution >= 0.6 is 0 Å². The van der Waals surface area contributed by atoms with E-state index in [1.807, 2.05) is 6.08 Å². The second kappa shape index (κ2) is 9.88. The van der Waals surface area contributed by atoms with E-state index in [4.69, 9.17) is 14.2 Å². The number of methoxy groups -OCH3 is 3. The van der Waals surface area contributed by atoms with Gasteiger partial charge in [-0.1, -0.05) is 18.2 Å². The molecule has 0 bridgehead atoms. The van der Waals surface area contributed by atoms with Crippen LogP contribution in [0.3, 0.4) is 0 Å². The molecule has 190 valence electrons. The molecule has 1 unspecified atom stereocenters. The van der Waals surface area contributed by atoms with Crippen LogP contribution in [0.1, 0.15) is 24.5 Å². The van der Waals surface area contributed by atoms with E-state index in [0.717, 1.165) is 16.0 Å². The maximum absolute atomic E-state index is 13.3. The van der Waals surface area contributed by atoms with Crippen molar-refractivity contribution in [3.05, 3.63) is 59.4 Å². The summed E-state index contributed by atoms with van der Waals surface area (Å²) in [6.07, 6.45) is 2.43. The van der Waals surface area contributed by atoms with Gasteiger partial charge in [-0.25, -0.2) is 9.18 Å². The minimum atomic E-state index is -1.37. The number of halogens is 1. The fourth-order valence-corrected chi connectivity index (χ4v) is 4.50. The summed E-state index contributed by atoms with van der Waals surface area (Å²) in [5, 5.41) is 2.63. The first-order valence-corrected chi connectivity index (χ1v) is 11.4. The average Bonchev–Trinajstić information content (AvgIpc) is 3.11. The van der Waals surface area contributed by atoms with E-state index < -0.39 is 23.3 Å². The Morgan fingerprint density at radius 3 is 2.22 bits per heavy atom. The molecule has 2 aromatic carbocycles. The van der Waals surface area contributed by atoms with Crippen molar-refractivity contribution in [2.24, 2.45) is 0 Å². The van der Waals surface area contributed by atoms with Gasteiger partial charge in [-0.05, 0) is 36.6 Å². The lowest BCUT2D eigenvalue weighted by Crippen LogP contribution is -2.45. The van der Waals surface area contributed by atoms with Crippen molar-refractivity contribution in [1.82, 2.24) is 15.1 Å². The van der Waals surface area contributed by atoms with Gasteiger partial charge in [0, 0.05) is 25.2 Å². The largest absolute Gasteiger partial charge is 0.496 e. The second-order valence-corrected chi connectivity index (χ2v) is 8.68. The van der Waals surface area contributed by atoms with E-state index in [2.05, 4.69) is 5.32 Å². The molecule has 0 saturated carbocycles. The number of hydrogen-bond acceptors (Lipinski definition) is 6. The first-order chi connectivity index (χ1) is 17.2. The topological polar surface area (TPSA) is 97.4 Å². The molecule has 4 amide bonds. The minimum Gasteiger partial charge on any atom is -0.496 e. The molecule has 0 radical (unpaired) electrons. The smallest absolute Gasteiger partial charge is 0.325 e. The Labute approximate surface area is 208 Å². The average molecular weight is 498 g/mol. The van der Waals surface area contributed by atoms with Gasteiger partial charge in [0.1, 0.15) is 35.1 Å². The number of amides is 4. The van der Waals surface area contributed by atoms with E-state index in [1.54, 1.807) is 38.4 Å². The molecule has 1 atom stereocenters. The highest BCUT2D eigenvalue weighted by molar-refractivity contribution is 6.09. The summed E-state index contributed by atoms with van der Waals surface area (Å²) >= 11 is 0. The number of rotatable bonds is 7. The van der Waals surface area contributed by atoms with E-state index in [1.165, 1.54) is 31.2 Å². The fraction of sp³-hybridized carbons (Fsp3) is 0.346. The molecule has 1 fully saturated rings. The van der Waals surface area contributed by atoms with Crippen LogP contribution in [0.25, 0.3) is 5.57 Å². The van der Waals surface area contributed by atoms with Crippen LogP contribution in [0.4, 0.5) is 9.18 Å². The first kappa shape index (κ1) is 25.0. The van der Waals surface area contributed by atoms with Gasteiger partial charge in [0.2, 0.25) is 5.91 Å². The third kappa shape index (κ3) is 4.46. The highest BCUT2D eigenvalue weighted by Crippen LogP contribution is 2.41. The molecule has 9 nitrogen and oxygen atoms in total. The number of ether oxygens (including phenoxy) is 3. The molecule has 0 aliphatic carbocycles. The van der Waals surface area contributed by atoms with Crippen LogP contribution in [0.2, 0.25) is 0 Å². The van der Waals surface area contributed by atoms with Gasteiger partial charge in [0.25, 0.3) is 5.91 Å². The van der Waals surface area contributed by atoms with Crippen LogP contribution in [0.5, 0.6) is 17.2 Å². The molecular formula is C26H28FN3O6. The zero-order valence-electron chi connectivity index (χ0n) is 20.6. The van der Waals surface area contributed by atoms with Crippen molar-refractivity contribution >= 4 is 23.4 Å². The van der Waals surface area contributed by atoms with Gasteiger partial charge < -0.3 is 24.4 Å². The van der Waals surface area contributed by atoms with Gasteiger partial charge in [-0.3, -0.25) is 14.5 Å². The molecule has 2 aromatic rings. The lowest BCUT2D eigenvalue weighted by molar-refractivity contribution is -0.138. The van der Waals surface area contributed by atoms with Gasteiger partial charge in [0.15, 0.2) is 0 Å². The Kier molecular flexibility index (Phi) is 6.87. The van der Waals surface area contributed by atoms with Crippen LogP contribution in [-0.4, -0.2) is 68.6 Å². The molecule has 0 aromatic heterocycles. The number of urea groups is 1. The van der Waals surface area contributed by atoms with Crippen molar-refractivity contribution in [2.75, 3.05) is 41.0 Å². The zero-order valence-corrected chi connectivity index (χ0v) is 20.6. The summed E-state index contributed by atoms with van der Waals surface area (Å²) in [6, 6.07) is 8.20. The monoisotopic (exact) mass is 497 g/mol. The van der Waals surface area contributed by atoms with Gasteiger partial charge in [-0.15, -0.1) is 0 Å². The van der Waals surface area contributed by atoms with E-state index in [9.17, 15) is 18.8 Å². The van der Waals surface area contributed by atoms with Gasteiger partial charge in [-0.2, -0.15) is 0 Å². The van der Waals surface area contributed by atoms with Crippen LogP contribution in [-0.2, 0) is 15.1 Å². The zero-order chi connectivity index (χ0) is 26.0. The van der Waals surface area contributed by atoms with Crippen molar-refractivity contribution in [2.45, 2.75) is 18.9 Å². The predicted octanol–water partition coefficient (Wildman–Crippen LogP) is 2.93. The van der Waals surface area contributed by atoms with E-state index in [0.29, 0.717) is 42.3 Å². The van der Waals surface area contributed by atoms with E-state index >= 15 is 0 Å². The molecule has 0 spiro atoms. The minimum absolute atomic E-state index is 0.297. The molecule has 10 heteroatoms. The maximum Gasteiger partial charge on any atom is 0.325 e. The number of nitrogens with one attached hydrogen (secondary N) is 1. The number of hydrogen-bond donors (Lipinski definition) is 1. The fourth-order valence-electron chi connectivity index (χ4n) is 4.50. The summed E-state index contributed by atoms with van der Waals surface area (Å²) in [5.74, 6) is 0.419. The number of carbonyl (C=O) groups is 3. The first-order valence-electron chi connectivity index (χ1n) is 11.4. The predicted molar refractivity (Wildman–Crippen MR) is 129 cm³/mol. The Balaban J connectivity index is 1.48. The molecule has 2 heterocycles. The van der Waals surface area contributed by atoms with Gasteiger partial charge >= 0.3 is 6.03 Å². The molecule has 36 heavy (non-hydrogen) atoms. The summed E-state index contributed by atoms with van der Waals surface area (Å²) in [4.78, 5) is 41.2. The van der Waals surface area contributed by atoms with Crippen LogP contribution in [0.15, 0.2) is 42.5 Å². The van der Waals surface area contributed by atoms with Crippen molar-refractivity contribution in [3.8, 4) is 17.2 Å². The molecular weight excluding hydrogens is 469 g/mol. The maximum atomic E-state index is 13.3. The lowest BCUT2D eigenvalue weighted by atomic mass is 9.92. The third-order valence-corrected chi connectivity index (χ3v) is 6.59. The van der Waals surface area contributed by atoms with Crippen LogP contribution < -0.4 is 19.5 Å². The highest BCUT2D eigenvalue weighted by Gasteiger charge is 2.49. The molecule has 2 aliphatic heterocycles. The molecule has 1 N–H and O–H groups in total. The number of carbonyl (C=O) groups excluding carboxylic acids is 3. The molecule has 1 saturated heterocycles. The summed E-state index contributed by atoms with van der Waals surface area (Å²) in [6.45, 7) is 1.84. The summed E-state index contributed by atoms with van der Waals surface area (Å²) in [5.41, 5.74) is 0.804. The van der Waals surface area contributed by atoms with Gasteiger partial charge in [0.05, 0.1) is 26.9 Å².